The molecule has 12 nitrogen and oxygen atoms in total. The Hall–Kier alpha value is -5.50. The van der Waals surface area contributed by atoms with E-state index in [2.05, 4.69) is 55.7 Å². The molecule has 5 aliphatic heterocycles. The van der Waals surface area contributed by atoms with Gasteiger partial charge in [-0.3, -0.25) is 24.6 Å². The number of imide groups is 1. The van der Waals surface area contributed by atoms with Gasteiger partial charge in [-0.2, -0.15) is 0 Å². The van der Waals surface area contributed by atoms with Crippen LogP contribution in [-0.4, -0.2) is 119 Å². The van der Waals surface area contributed by atoms with Gasteiger partial charge in [-0.15, -0.1) is 0 Å². The van der Waals surface area contributed by atoms with Crippen molar-refractivity contribution in [3.05, 3.63) is 124 Å². The Morgan fingerprint density at radius 3 is 2.38 bits per heavy atom. The molecule has 1 unspecified atom stereocenters. The van der Waals surface area contributed by atoms with Gasteiger partial charge in [0.05, 0.1) is 12.3 Å². The van der Waals surface area contributed by atoms with Gasteiger partial charge in [0.2, 0.25) is 11.8 Å². The molecule has 320 valence electrons. The number of allylic oxidation sites excluding steroid dienone is 2. The fourth-order valence-corrected chi connectivity index (χ4v) is 9.51. The van der Waals surface area contributed by atoms with Crippen molar-refractivity contribution in [3.63, 3.8) is 0 Å². The topological polar surface area (TPSA) is 145 Å². The van der Waals surface area contributed by atoms with Crippen molar-refractivity contribution in [1.29, 1.82) is 5.41 Å². The number of β-amino-alcohol motifs (C(OH)–C–C–N with tert-alkyl or cyclic N) is 1. The molecule has 0 bridgehead atoms. The molecule has 3 aromatic carbocycles. The summed E-state index contributed by atoms with van der Waals surface area (Å²) >= 11 is 0. The van der Waals surface area contributed by atoms with Crippen molar-refractivity contribution in [2.24, 2.45) is 4.99 Å². The standard InChI is InChI=1S/C48H57FN8O4/c1-32(50)45(35-11-5-2-6-12-35)46-51-41(30-43(52-46)56-23-21-55(22-24-56)25-26-58)36-13-8-10-33(27-36)9-4-3-7-18-54-19-16-34(17-20-54)38-28-37-31-57(48(61)39(37)29-40(38)49)42-14-15-44(59)53-47(42)60/h2,5-6,8,10-13,27-30,34,42,50,52,58H,3-4,7,9,14-26,31H2,1H3,(H,53,59,60)/b46-45+,50-32?. The molecule has 0 aliphatic carbocycles. The van der Waals surface area contributed by atoms with Crippen molar-refractivity contribution in [3.8, 4) is 0 Å². The summed E-state index contributed by atoms with van der Waals surface area (Å²) < 4.78 is 15.5. The quantitative estimate of drug-likeness (QED) is 0.0958. The number of hydrogen-bond donors (Lipinski definition) is 4. The highest BCUT2D eigenvalue weighted by Crippen LogP contribution is 2.36. The number of likely N-dealkylation sites (tertiary alicyclic amines) is 1. The van der Waals surface area contributed by atoms with Gasteiger partial charge in [0.15, 0.2) is 0 Å². The number of aliphatic hydroxyl groups is 1. The number of carbonyl (C=O) groups is 3. The minimum Gasteiger partial charge on any atom is -0.395 e. The molecule has 4 N–H and O–H groups in total. The minimum absolute atomic E-state index is 0.0803. The fraction of sp³-hybridized carbons (Fsp3) is 0.438. The van der Waals surface area contributed by atoms with Crippen molar-refractivity contribution in [2.75, 3.05) is 59.0 Å². The van der Waals surface area contributed by atoms with E-state index in [0.29, 0.717) is 29.2 Å². The maximum absolute atomic E-state index is 15.5. The van der Waals surface area contributed by atoms with Crippen LogP contribution in [0, 0.1) is 11.2 Å². The number of fused-ring (bicyclic) bond motifs is 1. The zero-order valence-corrected chi connectivity index (χ0v) is 35.1. The van der Waals surface area contributed by atoms with Gasteiger partial charge in [-0.25, -0.2) is 9.38 Å². The first kappa shape index (κ1) is 42.2. The van der Waals surface area contributed by atoms with Gasteiger partial charge in [0.25, 0.3) is 5.91 Å². The third-order valence-corrected chi connectivity index (χ3v) is 12.9. The highest BCUT2D eigenvalue weighted by atomic mass is 19.1. The molecule has 5 heterocycles. The second-order valence-electron chi connectivity index (χ2n) is 17.0. The lowest BCUT2D eigenvalue weighted by Crippen LogP contribution is -2.52. The predicted molar refractivity (Wildman–Crippen MR) is 234 cm³/mol. The van der Waals surface area contributed by atoms with Crippen LogP contribution < -0.4 is 10.6 Å². The minimum atomic E-state index is -0.711. The van der Waals surface area contributed by atoms with Crippen LogP contribution in [0.4, 0.5) is 4.39 Å². The van der Waals surface area contributed by atoms with E-state index in [0.717, 1.165) is 118 Å². The van der Waals surface area contributed by atoms with Gasteiger partial charge < -0.3 is 30.5 Å². The number of aryl methyl sites for hydroxylation is 1. The molecule has 0 spiro atoms. The Morgan fingerprint density at radius 2 is 1.64 bits per heavy atom. The summed E-state index contributed by atoms with van der Waals surface area (Å²) in [7, 11) is 0. The molecular weight excluding hydrogens is 772 g/mol. The first-order valence-electron chi connectivity index (χ1n) is 21.9. The highest BCUT2D eigenvalue weighted by molar-refractivity contribution is 6.23. The van der Waals surface area contributed by atoms with Gasteiger partial charge in [-0.1, -0.05) is 61.0 Å². The number of unbranched alkanes of at least 4 members (excludes halogenated alkanes) is 2. The molecule has 3 amide bonds. The molecule has 8 rings (SSSR count). The summed E-state index contributed by atoms with van der Waals surface area (Å²) in [6.07, 6.45) is 8.53. The molecule has 0 radical (unpaired) electrons. The molecule has 0 saturated carbocycles. The van der Waals surface area contributed by atoms with E-state index < -0.39 is 11.9 Å². The number of benzene rings is 3. The molecule has 0 aromatic heterocycles. The van der Waals surface area contributed by atoms with E-state index in [4.69, 9.17) is 10.4 Å². The summed E-state index contributed by atoms with van der Waals surface area (Å²) in [5, 5.41) is 24.1. The van der Waals surface area contributed by atoms with E-state index in [-0.39, 0.29) is 49.5 Å². The smallest absolute Gasteiger partial charge is 0.255 e. The predicted octanol–water partition coefficient (Wildman–Crippen LogP) is 5.43. The number of aliphatic imine (C=N–C) groups is 1. The Kier molecular flexibility index (Phi) is 13.2. The second-order valence-corrected chi connectivity index (χ2v) is 17.0. The monoisotopic (exact) mass is 828 g/mol. The van der Waals surface area contributed by atoms with Gasteiger partial charge in [0.1, 0.15) is 23.5 Å². The summed E-state index contributed by atoms with van der Waals surface area (Å²) in [6.45, 7) is 9.08. The van der Waals surface area contributed by atoms with Gasteiger partial charge in [-0.05, 0) is 105 Å². The molecular formula is C48H57FN8O4. The van der Waals surface area contributed by atoms with Gasteiger partial charge in [0, 0.05) is 74.2 Å². The molecule has 1 atom stereocenters. The first-order valence-corrected chi connectivity index (χ1v) is 21.9. The van der Waals surface area contributed by atoms with Crippen LogP contribution in [0.1, 0.15) is 96.0 Å². The SMILES string of the molecule is CC(=N)/C(=C1/N=C(c2cccc(CCCCCN3CCC(c4cc5c(cc4F)C(=O)N(C4CCC(=O)NC4=O)C5)CC3)c2)C=C(N2CCN(CCO)CC2)N1)c1ccccc1. The third kappa shape index (κ3) is 9.69. The molecule has 13 heteroatoms. The van der Waals surface area contributed by atoms with Crippen LogP contribution in [-0.2, 0) is 22.6 Å². The van der Waals surface area contributed by atoms with Crippen LogP contribution in [0.15, 0.2) is 89.4 Å². The number of hydrogen-bond acceptors (Lipinski definition) is 10. The lowest BCUT2D eigenvalue weighted by Gasteiger charge is -2.38. The fourth-order valence-electron chi connectivity index (χ4n) is 9.51. The molecule has 3 saturated heterocycles. The van der Waals surface area contributed by atoms with E-state index in [1.165, 1.54) is 16.5 Å². The average Bonchev–Trinajstić information content (AvgIpc) is 3.58. The average molecular weight is 829 g/mol. The lowest BCUT2D eigenvalue weighted by atomic mass is 9.87. The van der Waals surface area contributed by atoms with Crippen LogP contribution in [0.5, 0.6) is 0 Å². The number of piperazine rings is 1. The lowest BCUT2D eigenvalue weighted by molar-refractivity contribution is -0.136. The number of aliphatic hydroxyl groups excluding tert-OH is 1. The molecule has 3 fully saturated rings. The van der Waals surface area contributed by atoms with E-state index in [9.17, 15) is 19.5 Å². The van der Waals surface area contributed by atoms with Crippen LogP contribution in [0.2, 0.25) is 0 Å². The van der Waals surface area contributed by atoms with Gasteiger partial charge >= 0.3 is 0 Å². The maximum atomic E-state index is 15.5. The van der Waals surface area contributed by atoms with Crippen LogP contribution in [0.25, 0.3) is 5.57 Å². The van der Waals surface area contributed by atoms with Crippen molar-refractivity contribution >= 4 is 34.7 Å². The highest BCUT2D eigenvalue weighted by Gasteiger charge is 2.40. The van der Waals surface area contributed by atoms with E-state index >= 15 is 4.39 Å². The zero-order chi connectivity index (χ0) is 42.5. The maximum Gasteiger partial charge on any atom is 0.255 e. The van der Waals surface area contributed by atoms with E-state index in [1.54, 1.807) is 0 Å². The second kappa shape index (κ2) is 19.0. The number of rotatable bonds is 14. The van der Waals surface area contributed by atoms with Crippen LogP contribution >= 0.6 is 0 Å². The summed E-state index contributed by atoms with van der Waals surface area (Å²) in [4.78, 5) is 51.0. The number of piperidine rings is 2. The Bertz CT molecular complexity index is 2240. The normalized spacial score (nSPS) is 21.2. The number of carbonyl (C=O) groups excluding carboxylic acids is 3. The largest absolute Gasteiger partial charge is 0.395 e. The number of nitrogens with one attached hydrogen (secondary N) is 3. The molecule has 3 aromatic rings. The van der Waals surface area contributed by atoms with Crippen molar-refractivity contribution < 1.29 is 23.9 Å². The Balaban J connectivity index is 0.853. The molecule has 61 heavy (non-hydrogen) atoms. The molecule has 5 aliphatic rings. The number of nitrogens with zero attached hydrogens (tertiary/aromatic N) is 5. The van der Waals surface area contributed by atoms with E-state index in [1.807, 2.05) is 43.3 Å². The third-order valence-electron chi connectivity index (χ3n) is 12.9. The number of amides is 3. The van der Waals surface area contributed by atoms with Crippen molar-refractivity contribution in [1.82, 2.24) is 30.2 Å². The zero-order valence-electron chi connectivity index (χ0n) is 35.1. The Labute approximate surface area is 357 Å². The summed E-state index contributed by atoms with van der Waals surface area (Å²) in [5.74, 6) is 0.233. The summed E-state index contributed by atoms with van der Waals surface area (Å²) in [5.41, 5.74) is 7.07. The van der Waals surface area contributed by atoms with Crippen molar-refractivity contribution in [2.45, 2.75) is 76.8 Å². The first-order chi connectivity index (χ1) is 29.6. The summed E-state index contributed by atoms with van der Waals surface area (Å²) in [6, 6.07) is 21.2. The van der Waals surface area contributed by atoms with Crippen LogP contribution in [0.3, 0.4) is 0 Å². The Morgan fingerprint density at radius 1 is 0.869 bits per heavy atom. The number of halogens is 1.